The van der Waals surface area contributed by atoms with E-state index in [1.165, 1.54) is 0 Å². The van der Waals surface area contributed by atoms with Gasteiger partial charge in [0, 0.05) is 30.7 Å². The highest BCUT2D eigenvalue weighted by Crippen LogP contribution is 2.24. The molecule has 1 aromatic carbocycles. The van der Waals surface area contributed by atoms with Gasteiger partial charge in [-0.2, -0.15) is 0 Å². The molecule has 150 valence electrons. The lowest BCUT2D eigenvalue weighted by atomic mass is 9.87. The van der Waals surface area contributed by atoms with Crippen LogP contribution in [-0.2, 0) is 11.2 Å². The van der Waals surface area contributed by atoms with Crippen molar-refractivity contribution in [3.63, 3.8) is 0 Å². The summed E-state index contributed by atoms with van der Waals surface area (Å²) >= 11 is 5.88. The van der Waals surface area contributed by atoms with Crippen LogP contribution in [0.4, 0.5) is 0 Å². The van der Waals surface area contributed by atoms with Crippen LogP contribution in [0.5, 0.6) is 0 Å². The van der Waals surface area contributed by atoms with E-state index in [2.05, 4.69) is 17.3 Å². The molecule has 2 heterocycles. The minimum Gasteiger partial charge on any atom is -0.388 e. The molecule has 27 heavy (non-hydrogen) atoms. The van der Waals surface area contributed by atoms with Crippen LogP contribution < -0.4 is 5.32 Å². The Kier molecular flexibility index (Phi) is 6.76. The number of nitrogens with zero attached hydrogens (tertiary/aromatic N) is 2. The van der Waals surface area contributed by atoms with E-state index < -0.39 is 11.7 Å². The van der Waals surface area contributed by atoms with Crippen molar-refractivity contribution in [2.24, 2.45) is 0 Å². The Morgan fingerprint density at radius 2 is 1.93 bits per heavy atom. The lowest BCUT2D eigenvalue weighted by Crippen LogP contribution is -2.61. The van der Waals surface area contributed by atoms with Crippen molar-refractivity contribution in [1.29, 1.82) is 0 Å². The first-order valence-corrected chi connectivity index (χ1v) is 10.1. The Morgan fingerprint density at radius 1 is 1.26 bits per heavy atom. The summed E-state index contributed by atoms with van der Waals surface area (Å²) in [5.74, 6) is -0.0401. The molecule has 0 unspecified atom stereocenters. The molecule has 0 aromatic heterocycles. The van der Waals surface area contributed by atoms with E-state index in [0.717, 1.165) is 31.5 Å². The fourth-order valence-electron chi connectivity index (χ4n) is 3.82. The number of carbonyl (C=O) groups is 1. The third-order valence-electron chi connectivity index (χ3n) is 5.86. The van der Waals surface area contributed by atoms with Gasteiger partial charge in [0.25, 0.3) is 0 Å². The average Bonchev–Trinajstić information content (AvgIpc) is 2.65. The molecule has 0 saturated carbocycles. The van der Waals surface area contributed by atoms with Gasteiger partial charge in [0.2, 0.25) is 5.91 Å². The lowest BCUT2D eigenvalue weighted by Gasteiger charge is -2.43. The predicted octanol–water partition coefficient (Wildman–Crippen LogP) is 0.891. The predicted molar refractivity (Wildman–Crippen MR) is 106 cm³/mol. The molecular weight excluding hydrogens is 366 g/mol. The maximum absolute atomic E-state index is 12.5. The molecule has 2 aliphatic rings. The number of halogens is 1. The molecule has 3 rings (SSSR count). The molecule has 6 nitrogen and oxygen atoms in total. The summed E-state index contributed by atoms with van der Waals surface area (Å²) in [5.41, 5.74) is -0.288. The molecular formula is C20H30ClN3O3. The SMILES string of the molecule is CN1CCC(NC[C@@]2(O)CCN(C(=O)Cc3ccc(Cl)cc3)C[C@@H]2O)CC1. The minimum absolute atomic E-state index is 0.0401. The molecule has 7 heteroatoms. The molecule has 0 spiro atoms. The van der Waals surface area contributed by atoms with Crippen LogP contribution in [0.1, 0.15) is 24.8 Å². The second kappa shape index (κ2) is 8.88. The second-order valence-corrected chi connectivity index (χ2v) is 8.41. The molecule has 2 fully saturated rings. The van der Waals surface area contributed by atoms with E-state index in [0.29, 0.717) is 30.6 Å². The van der Waals surface area contributed by atoms with Crippen LogP contribution in [0.2, 0.25) is 5.02 Å². The molecule has 1 amide bonds. The molecule has 0 aliphatic carbocycles. The molecule has 2 saturated heterocycles. The van der Waals surface area contributed by atoms with Crippen molar-refractivity contribution in [2.75, 3.05) is 39.8 Å². The smallest absolute Gasteiger partial charge is 0.227 e. The quantitative estimate of drug-likeness (QED) is 0.690. The summed E-state index contributed by atoms with van der Waals surface area (Å²) in [5, 5.41) is 25.4. The molecule has 0 radical (unpaired) electrons. The maximum Gasteiger partial charge on any atom is 0.227 e. The Balaban J connectivity index is 1.48. The van der Waals surface area contributed by atoms with E-state index in [1.54, 1.807) is 17.0 Å². The van der Waals surface area contributed by atoms with Crippen molar-refractivity contribution >= 4 is 17.5 Å². The molecule has 1 aromatic rings. The van der Waals surface area contributed by atoms with E-state index in [-0.39, 0.29) is 18.9 Å². The molecule has 2 aliphatic heterocycles. The zero-order valence-corrected chi connectivity index (χ0v) is 16.7. The first-order chi connectivity index (χ1) is 12.9. The van der Waals surface area contributed by atoms with Gasteiger partial charge < -0.3 is 25.3 Å². The van der Waals surface area contributed by atoms with Crippen LogP contribution in [0.3, 0.4) is 0 Å². The molecule has 3 N–H and O–H groups in total. The monoisotopic (exact) mass is 395 g/mol. The highest BCUT2D eigenvalue weighted by molar-refractivity contribution is 6.30. The number of nitrogens with one attached hydrogen (secondary N) is 1. The highest BCUT2D eigenvalue weighted by atomic mass is 35.5. The normalized spacial score (nSPS) is 27.7. The molecule has 0 bridgehead atoms. The second-order valence-electron chi connectivity index (χ2n) is 7.97. The number of carbonyl (C=O) groups excluding carboxylic acids is 1. The van der Waals surface area contributed by atoms with Crippen LogP contribution in [0.15, 0.2) is 24.3 Å². The average molecular weight is 396 g/mol. The van der Waals surface area contributed by atoms with Crippen molar-refractivity contribution in [3.8, 4) is 0 Å². The Labute approximate surface area is 166 Å². The Morgan fingerprint density at radius 3 is 2.56 bits per heavy atom. The van der Waals surface area contributed by atoms with E-state index in [9.17, 15) is 15.0 Å². The number of hydrogen-bond donors (Lipinski definition) is 3. The number of likely N-dealkylation sites (tertiary alicyclic amines) is 2. The van der Waals surface area contributed by atoms with Gasteiger partial charge in [-0.25, -0.2) is 0 Å². The number of rotatable bonds is 5. The summed E-state index contributed by atoms with van der Waals surface area (Å²) < 4.78 is 0. The number of piperidine rings is 2. The number of aliphatic hydroxyl groups excluding tert-OH is 1. The van der Waals surface area contributed by atoms with Gasteiger partial charge in [-0.15, -0.1) is 0 Å². The standard InChI is InChI=1S/C20H30ClN3O3/c1-23-9-6-17(7-10-23)22-14-20(27)8-11-24(13-18(20)25)19(26)12-15-2-4-16(21)5-3-15/h2-5,17-18,22,25,27H,6-14H2,1H3/t18-,20-/m0/s1. The van der Waals surface area contributed by atoms with E-state index in [1.807, 2.05) is 12.1 Å². The minimum atomic E-state index is -1.18. The summed E-state index contributed by atoms with van der Waals surface area (Å²) in [6.45, 7) is 3.08. The Bertz CT molecular complexity index is 634. The van der Waals surface area contributed by atoms with Gasteiger partial charge in [0.15, 0.2) is 0 Å². The topological polar surface area (TPSA) is 76.0 Å². The van der Waals surface area contributed by atoms with E-state index in [4.69, 9.17) is 11.6 Å². The number of benzene rings is 1. The summed E-state index contributed by atoms with van der Waals surface area (Å²) in [4.78, 5) is 16.5. The first-order valence-electron chi connectivity index (χ1n) is 9.70. The summed E-state index contributed by atoms with van der Waals surface area (Å²) in [6.07, 6.45) is 1.80. The van der Waals surface area contributed by atoms with Crippen molar-refractivity contribution in [2.45, 2.75) is 43.4 Å². The molecule has 2 atom stereocenters. The van der Waals surface area contributed by atoms with Crippen molar-refractivity contribution < 1.29 is 15.0 Å². The van der Waals surface area contributed by atoms with Gasteiger partial charge in [-0.05, 0) is 57.1 Å². The van der Waals surface area contributed by atoms with Gasteiger partial charge in [0.05, 0.1) is 6.42 Å². The lowest BCUT2D eigenvalue weighted by molar-refractivity contribution is -0.148. The van der Waals surface area contributed by atoms with Gasteiger partial charge in [-0.3, -0.25) is 4.79 Å². The van der Waals surface area contributed by atoms with E-state index >= 15 is 0 Å². The summed E-state index contributed by atoms with van der Waals surface area (Å²) in [6, 6.07) is 7.58. The largest absolute Gasteiger partial charge is 0.388 e. The maximum atomic E-state index is 12.5. The van der Waals surface area contributed by atoms with Crippen LogP contribution in [0.25, 0.3) is 0 Å². The van der Waals surface area contributed by atoms with Gasteiger partial charge in [-0.1, -0.05) is 23.7 Å². The summed E-state index contributed by atoms with van der Waals surface area (Å²) in [7, 11) is 2.12. The Hall–Kier alpha value is -1.18. The zero-order chi connectivity index (χ0) is 19.4. The number of β-amino-alcohol motifs (C(OH)–C–C–N with tert-alkyl or cyclic N) is 1. The third-order valence-corrected chi connectivity index (χ3v) is 6.12. The number of hydrogen-bond acceptors (Lipinski definition) is 5. The van der Waals surface area contributed by atoms with Crippen LogP contribution >= 0.6 is 11.6 Å². The van der Waals surface area contributed by atoms with Crippen molar-refractivity contribution in [3.05, 3.63) is 34.9 Å². The fourth-order valence-corrected chi connectivity index (χ4v) is 3.95. The zero-order valence-electron chi connectivity index (χ0n) is 15.9. The highest BCUT2D eigenvalue weighted by Gasteiger charge is 2.42. The number of aliphatic hydroxyl groups is 2. The van der Waals surface area contributed by atoms with Crippen molar-refractivity contribution in [1.82, 2.24) is 15.1 Å². The number of amides is 1. The third kappa shape index (κ3) is 5.42. The van der Waals surface area contributed by atoms with Gasteiger partial charge >= 0.3 is 0 Å². The first kappa shape index (κ1) is 20.6. The van der Waals surface area contributed by atoms with Gasteiger partial charge in [0.1, 0.15) is 11.7 Å². The van der Waals surface area contributed by atoms with Crippen LogP contribution in [-0.4, -0.2) is 83.4 Å². The fraction of sp³-hybridized carbons (Fsp3) is 0.650. The van der Waals surface area contributed by atoms with Crippen LogP contribution in [0, 0.1) is 0 Å².